The first kappa shape index (κ1) is 11.6. The van der Waals surface area contributed by atoms with Crippen LogP contribution in [0.2, 0.25) is 0 Å². The van der Waals surface area contributed by atoms with E-state index >= 15 is 0 Å². The molecule has 2 N–H and O–H groups in total. The van der Waals surface area contributed by atoms with E-state index < -0.39 is 0 Å². The Kier molecular flexibility index (Phi) is 3.42. The lowest BCUT2D eigenvalue weighted by molar-refractivity contribution is -0.117. The smallest absolute Gasteiger partial charge is 0.251 e. The maximum absolute atomic E-state index is 11.6. The Morgan fingerprint density at radius 1 is 1.35 bits per heavy atom. The summed E-state index contributed by atoms with van der Waals surface area (Å²) in [6, 6.07) is 7.00. The zero-order valence-electron chi connectivity index (χ0n) is 9.82. The number of carbonyl (C=O) groups is 2. The summed E-state index contributed by atoms with van der Waals surface area (Å²) in [5, 5.41) is 5.55. The third kappa shape index (κ3) is 3.06. The molecule has 0 bridgehead atoms. The van der Waals surface area contributed by atoms with Crippen LogP contribution in [0.15, 0.2) is 24.3 Å². The molecule has 2 amide bonds. The van der Waals surface area contributed by atoms with Crippen LogP contribution in [-0.4, -0.2) is 18.4 Å². The number of amides is 2. The Balaban J connectivity index is 2.05. The summed E-state index contributed by atoms with van der Waals surface area (Å²) in [4.78, 5) is 23.2. The number of benzene rings is 1. The van der Waals surface area contributed by atoms with Gasteiger partial charge in [-0.05, 0) is 38.0 Å². The standard InChI is InChI=1S/C13H16N2O2/c1-2-14-12(16)10-4-3-5-11(8-10)15-13(17)9-6-7-9/h3-5,8-9H,2,6-7H2,1H3,(H,14,16)(H,15,17). The van der Waals surface area contributed by atoms with Crippen molar-refractivity contribution in [1.29, 1.82) is 0 Å². The molecule has 4 heteroatoms. The van der Waals surface area contributed by atoms with Crippen LogP contribution in [-0.2, 0) is 4.79 Å². The summed E-state index contributed by atoms with van der Waals surface area (Å²) in [6.07, 6.45) is 1.95. The van der Waals surface area contributed by atoms with Gasteiger partial charge < -0.3 is 10.6 Å². The van der Waals surface area contributed by atoms with E-state index in [1.165, 1.54) is 0 Å². The van der Waals surface area contributed by atoms with Crippen molar-refractivity contribution < 1.29 is 9.59 Å². The van der Waals surface area contributed by atoms with Gasteiger partial charge >= 0.3 is 0 Å². The molecule has 17 heavy (non-hydrogen) atoms. The largest absolute Gasteiger partial charge is 0.352 e. The topological polar surface area (TPSA) is 58.2 Å². The van der Waals surface area contributed by atoms with E-state index in [4.69, 9.17) is 0 Å². The van der Waals surface area contributed by atoms with E-state index in [9.17, 15) is 9.59 Å². The first-order chi connectivity index (χ1) is 8.20. The lowest BCUT2D eigenvalue weighted by Crippen LogP contribution is -2.22. The van der Waals surface area contributed by atoms with Crippen LogP contribution >= 0.6 is 0 Å². The van der Waals surface area contributed by atoms with Gasteiger partial charge in [-0.15, -0.1) is 0 Å². The van der Waals surface area contributed by atoms with Gasteiger partial charge in [0.2, 0.25) is 5.91 Å². The summed E-state index contributed by atoms with van der Waals surface area (Å²) < 4.78 is 0. The van der Waals surface area contributed by atoms with Gasteiger partial charge in [-0.2, -0.15) is 0 Å². The Bertz CT molecular complexity index is 439. The van der Waals surface area contributed by atoms with E-state index in [1.807, 2.05) is 6.92 Å². The van der Waals surface area contributed by atoms with Crippen molar-refractivity contribution in [3.8, 4) is 0 Å². The fraction of sp³-hybridized carbons (Fsp3) is 0.385. The second-order valence-electron chi connectivity index (χ2n) is 4.20. The minimum Gasteiger partial charge on any atom is -0.352 e. The average molecular weight is 232 g/mol. The van der Waals surface area contributed by atoms with Crippen LogP contribution in [0.4, 0.5) is 5.69 Å². The molecule has 0 heterocycles. The van der Waals surface area contributed by atoms with E-state index in [0.717, 1.165) is 12.8 Å². The Morgan fingerprint density at radius 2 is 2.12 bits per heavy atom. The molecule has 1 aromatic carbocycles. The maximum Gasteiger partial charge on any atom is 0.251 e. The number of anilines is 1. The van der Waals surface area contributed by atoms with Gasteiger partial charge in [0.05, 0.1) is 0 Å². The van der Waals surface area contributed by atoms with Crippen molar-refractivity contribution >= 4 is 17.5 Å². The van der Waals surface area contributed by atoms with Crippen LogP contribution in [0.25, 0.3) is 0 Å². The zero-order chi connectivity index (χ0) is 12.3. The molecule has 1 aromatic rings. The molecule has 0 unspecified atom stereocenters. The summed E-state index contributed by atoms with van der Waals surface area (Å²) >= 11 is 0. The van der Waals surface area contributed by atoms with Gasteiger partial charge in [0, 0.05) is 23.7 Å². The molecule has 1 fully saturated rings. The number of rotatable bonds is 4. The highest BCUT2D eigenvalue weighted by Crippen LogP contribution is 2.30. The van der Waals surface area contributed by atoms with Crippen LogP contribution < -0.4 is 10.6 Å². The molecule has 0 aliphatic heterocycles. The fourth-order valence-corrected chi connectivity index (χ4v) is 1.59. The molecular weight excluding hydrogens is 216 g/mol. The molecular formula is C13H16N2O2. The van der Waals surface area contributed by atoms with Crippen molar-refractivity contribution in [3.05, 3.63) is 29.8 Å². The SMILES string of the molecule is CCNC(=O)c1cccc(NC(=O)C2CC2)c1. The molecule has 0 aromatic heterocycles. The molecule has 2 rings (SSSR count). The molecule has 1 saturated carbocycles. The second-order valence-corrected chi connectivity index (χ2v) is 4.20. The number of hydrogen-bond acceptors (Lipinski definition) is 2. The second kappa shape index (κ2) is 4.99. The third-order valence-corrected chi connectivity index (χ3v) is 2.68. The van der Waals surface area contributed by atoms with E-state index in [0.29, 0.717) is 17.8 Å². The number of nitrogens with one attached hydrogen (secondary N) is 2. The highest BCUT2D eigenvalue weighted by Gasteiger charge is 2.29. The Hall–Kier alpha value is -1.84. The first-order valence-electron chi connectivity index (χ1n) is 5.90. The molecule has 90 valence electrons. The third-order valence-electron chi connectivity index (χ3n) is 2.68. The van der Waals surface area contributed by atoms with E-state index in [2.05, 4.69) is 10.6 Å². The molecule has 0 spiro atoms. The molecule has 0 atom stereocenters. The van der Waals surface area contributed by atoms with Crippen molar-refractivity contribution in [3.63, 3.8) is 0 Å². The van der Waals surface area contributed by atoms with Gasteiger partial charge in [0.1, 0.15) is 0 Å². The first-order valence-corrected chi connectivity index (χ1v) is 5.90. The van der Waals surface area contributed by atoms with Crippen LogP contribution in [0.1, 0.15) is 30.1 Å². The zero-order valence-corrected chi connectivity index (χ0v) is 9.82. The number of carbonyl (C=O) groups excluding carboxylic acids is 2. The summed E-state index contributed by atoms with van der Waals surface area (Å²) in [5.74, 6) is 0.108. The van der Waals surface area contributed by atoms with Gasteiger partial charge in [-0.1, -0.05) is 6.07 Å². The van der Waals surface area contributed by atoms with Crippen molar-refractivity contribution in [2.24, 2.45) is 5.92 Å². The van der Waals surface area contributed by atoms with E-state index in [1.54, 1.807) is 24.3 Å². The minimum absolute atomic E-state index is 0.0537. The van der Waals surface area contributed by atoms with Gasteiger partial charge in [-0.25, -0.2) is 0 Å². The average Bonchev–Trinajstić information content (AvgIpc) is 3.13. The normalized spacial score (nSPS) is 14.2. The molecule has 1 aliphatic rings. The highest BCUT2D eigenvalue weighted by atomic mass is 16.2. The van der Waals surface area contributed by atoms with E-state index in [-0.39, 0.29) is 17.7 Å². The highest BCUT2D eigenvalue weighted by molar-refractivity contribution is 5.98. The molecule has 0 saturated heterocycles. The monoisotopic (exact) mass is 232 g/mol. The quantitative estimate of drug-likeness (QED) is 0.831. The molecule has 1 aliphatic carbocycles. The van der Waals surface area contributed by atoms with Crippen LogP contribution in [0, 0.1) is 5.92 Å². The van der Waals surface area contributed by atoms with Crippen LogP contribution in [0.3, 0.4) is 0 Å². The Morgan fingerprint density at radius 3 is 2.76 bits per heavy atom. The summed E-state index contributed by atoms with van der Waals surface area (Å²) in [6.45, 7) is 2.47. The fourth-order valence-electron chi connectivity index (χ4n) is 1.59. The van der Waals surface area contributed by atoms with Crippen molar-refractivity contribution in [1.82, 2.24) is 5.32 Å². The molecule has 0 radical (unpaired) electrons. The van der Waals surface area contributed by atoms with Gasteiger partial charge in [-0.3, -0.25) is 9.59 Å². The summed E-state index contributed by atoms with van der Waals surface area (Å²) in [5.41, 5.74) is 1.26. The van der Waals surface area contributed by atoms with Gasteiger partial charge in [0.25, 0.3) is 5.91 Å². The number of hydrogen-bond donors (Lipinski definition) is 2. The van der Waals surface area contributed by atoms with Crippen molar-refractivity contribution in [2.75, 3.05) is 11.9 Å². The van der Waals surface area contributed by atoms with Crippen LogP contribution in [0.5, 0.6) is 0 Å². The maximum atomic E-state index is 11.6. The Labute approximate surface area is 100 Å². The predicted molar refractivity (Wildman–Crippen MR) is 65.8 cm³/mol. The van der Waals surface area contributed by atoms with Crippen molar-refractivity contribution in [2.45, 2.75) is 19.8 Å². The lowest BCUT2D eigenvalue weighted by atomic mass is 10.2. The van der Waals surface area contributed by atoms with Gasteiger partial charge in [0.15, 0.2) is 0 Å². The molecule has 4 nitrogen and oxygen atoms in total. The lowest BCUT2D eigenvalue weighted by Gasteiger charge is -2.06. The minimum atomic E-state index is -0.116. The summed E-state index contributed by atoms with van der Waals surface area (Å²) in [7, 11) is 0. The predicted octanol–water partition coefficient (Wildman–Crippen LogP) is 1.78.